The molecule has 1 rings (SSSR count). The van der Waals surface area contributed by atoms with E-state index in [0.29, 0.717) is 16.0 Å². The first-order valence-corrected chi connectivity index (χ1v) is 4.55. The summed E-state index contributed by atoms with van der Waals surface area (Å²) in [6.45, 7) is 0. The van der Waals surface area contributed by atoms with Crippen molar-refractivity contribution in [1.82, 2.24) is 0 Å². The Bertz CT molecular complexity index is 362. The average Bonchev–Trinajstić information content (AvgIpc) is 2.16. The van der Waals surface area contributed by atoms with Crippen LogP contribution in [-0.4, -0.2) is 25.3 Å². The third kappa shape index (κ3) is 1.82. The quantitative estimate of drug-likeness (QED) is 0.905. The van der Waals surface area contributed by atoms with E-state index in [1.54, 1.807) is 12.1 Å². The number of carboxylic acid groups (broad SMARTS) is 1. The number of carboxylic acids is 1. The first-order valence-electron chi connectivity index (χ1n) is 3.75. The van der Waals surface area contributed by atoms with Crippen molar-refractivity contribution in [3.8, 4) is 11.5 Å². The number of hydrogen-bond acceptors (Lipinski definition) is 3. The smallest absolute Gasteiger partial charge is 0.340 e. The number of halogens is 1. The Morgan fingerprint density at radius 3 is 2.21 bits per heavy atom. The van der Waals surface area contributed by atoms with Crippen molar-refractivity contribution in [1.29, 1.82) is 0 Å². The van der Waals surface area contributed by atoms with E-state index in [1.165, 1.54) is 14.2 Å². The predicted molar refractivity (Wildman–Crippen MR) is 54.2 cm³/mol. The van der Waals surface area contributed by atoms with E-state index < -0.39 is 5.97 Å². The van der Waals surface area contributed by atoms with Gasteiger partial charge in [0.25, 0.3) is 0 Å². The lowest BCUT2D eigenvalue weighted by Gasteiger charge is -2.09. The van der Waals surface area contributed by atoms with Gasteiger partial charge >= 0.3 is 5.97 Å². The average molecular weight is 261 g/mol. The molecule has 1 N–H and O–H groups in total. The lowest BCUT2D eigenvalue weighted by molar-refractivity contribution is 0.0692. The number of ether oxygens (including phenoxy) is 2. The largest absolute Gasteiger partial charge is 0.496 e. The van der Waals surface area contributed by atoms with Crippen LogP contribution in [0.25, 0.3) is 0 Å². The van der Waals surface area contributed by atoms with Crippen molar-refractivity contribution in [2.75, 3.05) is 14.2 Å². The molecule has 0 amide bonds. The number of methoxy groups -OCH3 is 2. The van der Waals surface area contributed by atoms with Crippen LogP contribution in [0.2, 0.25) is 0 Å². The van der Waals surface area contributed by atoms with Crippen molar-refractivity contribution < 1.29 is 19.4 Å². The molecular formula is C9H9BrO4. The van der Waals surface area contributed by atoms with Gasteiger partial charge in [0, 0.05) is 0 Å². The molecular weight excluding hydrogens is 252 g/mol. The van der Waals surface area contributed by atoms with E-state index in [2.05, 4.69) is 15.9 Å². The molecule has 0 saturated carbocycles. The maximum Gasteiger partial charge on any atom is 0.340 e. The summed E-state index contributed by atoms with van der Waals surface area (Å²) in [6, 6.07) is 3.18. The third-order valence-electron chi connectivity index (χ3n) is 1.72. The summed E-state index contributed by atoms with van der Waals surface area (Å²) in [5, 5.41) is 8.93. The summed E-state index contributed by atoms with van der Waals surface area (Å²) in [4.78, 5) is 10.9. The summed E-state index contributed by atoms with van der Waals surface area (Å²) < 4.78 is 10.3. The number of hydrogen-bond donors (Lipinski definition) is 1. The van der Waals surface area contributed by atoms with Crippen LogP contribution in [-0.2, 0) is 0 Å². The van der Waals surface area contributed by atoms with E-state index in [4.69, 9.17) is 14.6 Å². The Balaban J connectivity index is 3.39. The molecule has 1 aromatic rings. The molecule has 0 spiro atoms. The van der Waals surface area contributed by atoms with Crippen LogP contribution in [0.15, 0.2) is 16.6 Å². The minimum Gasteiger partial charge on any atom is -0.496 e. The van der Waals surface area contributed by atoms with Gasteiger partial charge in [-0.2, -0.15) is 0 Å². The molecule has 0 atom stereocenters. The molecule has 76 valence electrons. The molecule has 0 saturated heterocycles. The topological polar surface area (TPSA) is 55.8 Å². The zero-order valence-electron chi connectivity index (χ0n) is 7.70. The molecule has 0 radical (unpaired) electrons. The van der Waals surface area contributed by atoms with Gasteiger partial charge in [-0.15, -0.1) is 0 Å². The molecule has 5 heteroatoms. The maximum atomic E-state index is 10.9. The summed E-state index contributed by atoms with van der Waals surface area (Å²) in [5.41, 5.74) is 0.0619. The van der Waals surface area contributed by atoms with Gasteiger partial charge in [0.15, 0.2) is 0 Å². The second-order valence-corrected chi connectivity index (χ2v) is 3.26. The first-order chi connectivity index (χ1) is 6.61. The first kappa shape index (κ1) is 10.8. The van der Waals surface area contributed by atoms with Gasteiger partial charge in [0.1, 0.15) is 17.1 Å². The van der Waals surface area contributed by atoms with Crippen LogP contribution >= 0.6 is 15.9 Å². The molecule has 0 unspecified atom stereocenters. The van der Waals surface area contributed by atoms with Crippen LogP contribution in [0, 0.1) is 0 Å². The standard InChI is InChI=1S/C9H9BrO4/c1-13-5-3-4-6(14-2)8(10)7(5)9(11)12/h3-4H,1-2H3,(H,11,12). The number of rotatable bonds is 3. The van der Waals surface area contributed by atoms with Gasteiger partial charge < -0.3 is 14.6 Å². The van der Waals surface area contributed by atoms with E-state index >= 15 is 0 Å². The fraction of sp³-hybridized carbons (Fsp3) is 0.222. The predicted octanol–water partition coefficient (Wildman–Crippen LogP) is 2.16. The SMILES string of the molecule is COc1ccc(OC)c(C(=O)O)c1Br. The highest BCUT2D eigenvalue weighted by atomic mass is 79.9. The number of aromatic carboxylic acids is 1. The molecule has 0 aromatic heterocycles. The van der Waals surface area contributed by atoms with Crippen LogP contribution in [0.3, 0.4) is 0 Å². The van der Waals surface area contributed by atoms with E-state index in [0.717, 1.165) is 0 Å². The van der Waals surface area contributed by atoms with Crippen LogP contribution in [0.1, 0.15) is 10.4 Å². The summed E-state index contributed by atoms with van der Waals surface area (Å²) in [6.07, 6.45) is 0. The maximum absolute atomic E-state index is 10.9. The highest BCUT2D eigenvalue weighted by Gasteiger charge is 2.18. The van der Waals surface area contributed by atoms with E-state index in [9.17, 15) is 4.79 Å². The van der Waals surface area contributed by atoms with E-state index in [-0.39, 0.29) is 5.56 Å². The van der Waals surface area contributed by atoms with Gasteiger partial charge in [-0.25, -0.2) is 4.79 Å². The van der Waals surface area contributed by atoms with Crippen molar-refractivity contribution >= 4 is 21.9 Å². The number of benzene rings is 1. The molecule has 0 aliphatic carbocycles. The Morgan fingerprint density at radius 2 is 1.79 bits per heavy atom. The number of carbonyl (C=O) groups is 1. The summed E-state index contributed by atoms with van der Waals surface area (Å²) in [5.74, 6) is -0.305. The molecule has 0 aliphatic rings. The molecule has 14 heavy (non-hydrogen) atoms. The Labute approximate surface area is 89.6 Å². The second kappa shape index (κ2) is 4.32. The highest BCUT2D eigenvalue weighted by molar-refractivity contribution is 9.10. The monoisotopic (exact) mass is 260 g/mol. The van der Waals surface area contributed by atoms with Gasteiger partial charge in [-0.1, -0.05) is 0 Å². The lowest BCUT2D eigenvalue weighted by Crippen LogP contribution is -2.02. The highest BCUT2D eigenvalue weighted by Crippen LogP contribution is 2.34. The zero-order chi connectivity index (χ0) is 10.7. The van der Waals surface area contributed by atoms with Crippen molar-refractivity contribution in [3.63, 3.8) is 0 Å². The van der Waals surface area contributed by atoms with Crippen molar-refractivity contribution in [2.24, 2.45) is 0 Å². The normalized spacial score (nSPS) is 9.64. The molecule has 4 nitrogen and oxygen atoms in total. The molecule has 0 bridgehead atoms. The van der Waals surface area contributed by atoms with Crippen molar-refractivity contribution in [2.45, 2.75) is 0 Å². The van der Waals surface area contributed by atoms with Crippen LogP contribution < -0.4 is 9.47 Å². The molecule has 0 fully saturated rings. The lowest BCUT2D eigenvalue weighted by atomic mass is 10.2. The summed E-state index contributed by atoms with van der Waals surface area (Å²) in [7, 11) is 2.89. The van der Waals surface area contributed by atoms with Gasteiger partial charge in [-0.05, 0) is 28.1 Å². The van der Waals surface area contributed by atoms with Gasteiger partial charge in [0.05, 0.1) is 18.7 Å². The zero-order valence-corrected chi connectivity index (χ0v) is 9.29. The van der Waals surface area contributed by atoms with Crippen LogP contribution in [0.4, 0.5) is 0 Å². The van der Waals surface area contributed by atoms with Crippen molar-refractivity contribution in [3.05, 3.63) is 22.2 Å². The van der Waals surface area contributed by atoms with E-state index in [1.807, 2.05) is 0 Å². The Morgan fingerprint density at radius 1 is 1.29 bits per heavy atom. The fourth-order valence-electron chi connectivity index (χ4n) is 1.07. The molecule has 1 aromatic carbocycles. The minimum atomic E-state index is -1.06. The van der Waals surface area contributed by atoms with Gasteiger partial charge in [-0.3, -0.25) is 0 Å². The summed E-state index contributed by atoms with van der Waals surface area (Å²) >= 11 is 3.15. The van der Waals surface area contributed by atoms with Gasteiger partial charge in [0.2, 0.25) is 0 Å². The van der Waals surface area contributed by atoms with Crippen LogP contribution in [0.5, 0.6) is 11.5 Å². The molecule has 0 heterocycles. The minimum absolute atomic E-state index is 0.0619. The molecule has 0 aliphatic heterocycles. The third-order valence-corrected chi connectivity index (χ3v) is 2.51. The fourth-order valence-corrected chi connectivity index (χ4v) is 1.73. The Hall–Kier alpha value is -1.23. The second-order valence-electron chi connectivity index (χ2n) is 2.46. The Kier molecular flexibility index (Phi) is 3.35.